The SMILES string of the molecule is O=C(NC1CC1)C1CCN(C(=O)c2c(F)cccc2Cl)CC1. The maximum absolute atomic E-state index is 13.8. The van der Waals surface area contributed by atoms with Crippen molar-refractivity contribution < 1.29 is 14.0 Å². The third-order valence-electron chi connectivity index (χ3n) is 4.25. The molecule has 0 unspecified atom stereocenters. The van der Waals surface area contributed by atoms with E-state index in [0.717, 1.165) is 12.8 Å². The first-order valence-corrected chi connectivity index (χ1v) is 7.97. The number of nitrogens with zero attached hydrogens (tertiary/aromatic N) is 1. The molecule has 2 amide bonds. The van der Waals surface area contributed by atoms with E-state index < -0.39 is 11.7 Å². The fourth-order valence-corrected chi connectivity index (χ4v) is 3.00. The Morgan fingerprint density at radius 2 is 1.86 bits per heavy atom. The molecule has 0 atom stereocenters. The van der Waals surface area contributed by atoms with Crippen molar-refractivity contribution in [2.24, 2.45) is 5.92 Å². The number of rotatable bonds is 3. The summed E-state index contributed by atoms with van der Waals surface area (Å²) in [6.07, 6.45) is 3.34. The average Bonchev–Trinajstić information content (AvgIpc) is 3.31. The van der Waals surface area contributed by atoms with Crippen LogP contribution in [0, 0.1) is 11.7 Å². The molecule has 1 aliphatic carbocycles. The highest BCUT2D eigenvalue weighted by molar-refractivity contribution is 6.33. The molecule has 4 nitrogen and oxygen atoms in total. The molecule has 22 heavy (non-hydrogen) atoms. The van der Waals surface area contributed by atoms with Crippen LogP contribution in [0.1, 0.15) is 36.0 Å². The highest BCUT2D eigenvalue weighted by Gasteiger charge is 2.32. The van der Waals surface area contributed by atoms with Gasteiger partial charge in [-0.05, 0) is 37.8 Å². The number of nitrogens with one attached hydrogen (secondary N) is 1. The van der Waals surface area contributed by atoms with Crippen LogP contribution < -0.4 is 5.32 Å². The molecule has 1 aromatic rings. The van der Waals surface area contributed by atoms with Gasteiger partial charge in [-0.25, -0.2) is 4.39 Å². The molecule has 0 aromatic heterocycles. The number of benzene rings is 1. The van der Waals surface area contributed by atoms with Gasteiger partial charge in [0.1, 0.15) is 5.82 Å². The molecule has 1 aromatic carbocycles. The van der Waals surface area contributed by atoms with E-state index in [-0.39, 0.29) is 22.4 Å². The third-order valence-corrected chi connectivity index (χ3v) is 4.57. The van der Waals surface area contributed by atoms with E-state index in [1.54, 1.807) is 4.90 Å². The van der Waals surface area contributed by atoms with E-state index in [1.165, 1.54) is 18.2 Å². The molecule has 1 saturated heterocycles. The Bertz CT molecular complexity index is 576. The molecule has 118 valence electrons. The van der Waals surface area contributed by atoms with Gasteiger partial charge in [0.25, 0.3) is 5.91 Å². The van der Waals surface area contributed by atoms with Gasteiger partial charge >= 0.3 is 0 Å². The lowest BCUT2D eigenvalue weighted by molar-refractivity contribution is -0.126. The predicted octanol–water partition coefficient (Wildman–Crippen LogP) is 2.61. The number of likely N-dealkylation sites (tertiary alicyclic amines) is 1. The molecular weight excluding hydrogens is 307 g/mol. The lowest BCUT2D eigenvalue weighted by atomic mass is 9.95. The quantitative estimate of drug-likeness (QED) is 0.929. The summed E-state index contributed by atoms with van der Waals surface area (Å²) >= 11 is 5.94. The lowest BCUT2D eigenvalue weighted by Gasteiger charge is -2.31. The van der Waals surface area contributed by atoms with Gasteiger partial charge in [0.05, 0.1) is 10.6 Å². The van der Waals surface area contributed by atoms with E-state index in [2.05, 4.69) is 5.32 Å². The van der Waals surface area contributed by atoms with Gasteiger partial charge in [0.15, 0.2) is 0 Å². The Morgan fingerprint density at radius 1 is 1.18 bits per heavy atom. The van der Waals surface area contributed by atoms with Crippen LogP contribution in [-0.4, -0.2) is 35.8 Å². The molecule has 0 bridgehead atoms. The molecule has 6 heteroatoms. The Labute approximate surface area is 133 Å². The molecule has 0 spiro atoms. The van der Waals surface area contributed by atoms with Crippen molar-refractivity contribution in [3.05, 3.63) is 34.6 Å². The number of carbonyl (C=O) groups excluding carboxylic acids is 2. The van der Waals surface area contributed by atoms with Crippen LogP contribution in [0.3, 0.4) is 0 Å². The molecule has 2 aliphatic rings. The zero-order valence-corrected chi connectivity index (χ0v) is 12.9. The number of hydrogen-bond donors (Lipinski definition) is 1. The fraction of sp³-hybridized carbons (Fsp3) is 0.500. The first kappa shape index (κ1) is 15.3. The lowest BCUT2D eigenvalue weighted by Crippen LogP contribution is -2.43. The first-order chi connectivity index (χ1) is 10.6. The smallest absolute Gasteiger partial charge is 0.258 e. The van der Waals surface area contributed by atoms with E-state index >= 15 is 0 Å². The molecule has 2 fully saturated rings. The van der Waals surface area contributed by atoms with Crippen LogP contribution >= 0.6 is 11.6 Å². The summed E-state index contributed by atoms with van der Waals surface area (Å²) in [5.41, 5.74) is -0.0787. The Kier molecular flexibility index (Phi) is 4.34. The number of carbonyl (C=O) groups is 2. The number of amides is 2. The van der Waals surface area contributed by atoms with Crippen LogP contribution in [0.2, 0.25) is 5.02 Å². The molecule has 1 N–H and O–H groups in total. The molecule has 3 rings (SSSR count). The Morgan fingerprint density at radius 3 is 2.45 bits per heavy atom. The van der Waals surface area contributed by atoms with Crippen molar-refractivity contribution in [1.82, 2.24) is 10.2 Å². The van der Waals surface area contributed by atoms with E-state index in [4.69, 9.17) is 11.6 Å². The molecule has 0 radical (unpaired) electrons. The van der Waals surface area contributed by atoms with Crippen molar-refractivity contribution in [2.45, 2.75) is 31.7 Å². The molecule has 1 saturated carbocycles. The maximum Gasteiger partial charge on any atom is 0.258 e. The number of piperidine rings is 1. The first-order valence-electron chi connectivity index (χ1n) is 7.60. The second kappa shape index (κ2) is 6.24. The van der Waals surface area contributed by atoms with Gasteiger partial charge in [0, 0.05) is 25.0 Å². The van der Waals surface area contributed by atoms with Gasteiger partial charge in [-0.15, -0.1) is 0 Å². The van der Waals surface area contributed by atoms with Gasteiger partial charge in [-0.2, -0.15) is 0 Å². The summed E-state index contributed by atoms with van der Waals surface area (Å²) in [5.74, 6) is -0.977. The van der Waals surface area contributed by atoms with Gasteiger partial charge < -0.3 is 10.2 Å². The average molecular weight is 325 g/mol. The van der Waals surface area contributed by atoms with Crippen molar-refractivity contribution >= 4 is 23.4 Å². The largest absolute Gasteiger partial charge is 0.353 e. The fourth-order valence-electron chi connectivity index (χ4n) is 2.75. The van der Waals surface area contributed by atoms with E-state index in [0.29, 0.717) is 32.0 Å². The summed E-state index contributed by atoms with van der Waals surface area (Å²) < 4.78 is 13.8. The van der Waals surface area contributed by atoms with Crippen molar-refractivity contribution in [3.8, 4) is 0 Å². The zero-order chi connectivity index (χ0) is 15.7. The highest BCUT2D eigenvalue weighted by atomic mass is 35.5. The normalized spacial score (nSPS) is 19.1. The van der Waals surface area contributed by atoms with Crippen LogP contribution in [0.15, 0.2) is 18.2 Å². The van der Waals surface area contributed by atoms with E-state index in [1.807, 2.05) is 0 Å². The van der Waals surface area contributed by atoms with Crippen LogP contribution in [0.5, 0.6) is 0 Å². The van der Waals surface area contributed by atoms with Gasteiger partial charge in [0.2, 0.25) is 5.91 Å². The van der Waals surface area contributed by atoms with Crippen molar-refractivity contribution in [1.29, 1.82) is 0 Å². The minimum atomic E-state index is -0.605. The summed E-state index contributed by atoms with van der Waals surface area (Å²) in [7, 11) is 0. The van der Waals surface area contributed by atoms with Crippen LogP contribution in [0.25, 0.3) is 0 Å². The predicted molar refractivity (Wildman–Crippen MR) is 81.2 cm³/mol. The molecule has 1 aliphatic heterocycles. The number of hydrogen-bond acceptors (Lipinski definition) is 2. The van der Waals surface area contributed by atoms with E-state index in [9.17, 15) is 14.0 Å². The zero-order valence-electron chi connectivity index (χ0n) is 12.1. The summed E-state index contributed by atoms with van der Waals surface area (Å²) in [6, 6.07) is 4.57. The second-order valence-electron chi connectivity index (χ2n) is 5.95. The van der Waals surface area contributed by atoms with Crippen molar-refractivity contribution in [2.75, 3.05) is 13.1 Å². The summed E-state index contributed by atoms with van der Waals surface area (Å²) in [6.45, 7) is 0.901. The molecular formula is C16H18ClFN2O2. The summed E-state index contributed by atoms with van der Waals surface area (Å²) in [4.78, 5) is 26.0. The minimum Gasteiger partial charge on any atom is -0.353 e. The minimum absolute atomic E-state index is 0.0549. The Balaban J connectivity index is 1.61. The van der Waals surface area contributed by atoms with Crippen LogP contribution in [-0.2, 0) is 4.79 Å². The van der Waals surface area contributed by atoms with Gasteiger partial charge in [-0.3, -0.25) is 9.59 Å². The standard InChI is InChI=1S/C16H18ClFN2O2/c17-12-2-1-3-13(18)14(12)16(22)20-8-6-10(7-9-20)15(21)19-11-4-5-11/h1-3,10-11H,4-9H2,(H,19,21). The van der Waals surface area contributed by atoms with Gasteiger partial charge in [-0.1, -0.05) is 17.7 Å². The highest BCUT2D eigenvalue weighted by Crippen LogP contribution is 2.25. The Hall–Kier alpha value is -1.62. The topological polar surface area (TPSA) is 49.4 Å². The monoisotopic (exact) mass is 324 g/mol. The summed E-state index contributed by atoms with van der Waals surface area (Å²) in [5, 5.41) is 3.12. The number of halogens is 2. The van der Waals surface area contributed by atoms with Crippen molar-refractivity contribution in [3.63, 3.8) is 0 Å². The van der Waals surface area contributed by atoms with Crippen LogP contribution in [0.4, 0.5) is 4.39 Å². The molecule has 1 heterocycles. The second-order valence-corrected chi connectivity index (χ2v) is 6.35. The maximum atomic E-state index is 13.8. The third kappa shape index (κ3) is 3.24.